The molecule has 0 aromatic rings. The Labute approximate surface area is 71.0 Å². The summed E-state index contributed by atoms with van der Waals surface area (Å²) in [5, 5.41) is 0.830. The van der Waals surface area contributed by atoms with Crippen molar-refractivity contribution in [3.05, 3.63) is 47.3 Å². The molecule has 0 radical (unpaired) electrons. The van der Waals surface area contributed by atoms with E-state index in [2.05, 4.69) is 11.0 Å². The van der Waals surface area contributed by atoms with Crippen LogP contribution in [0, 0.1) is 0 Å². The molecule has 0 aliphatic carbocycles. The highest BCUT2D eigenvalue weighted by Gasteiger charge is 2.09. The zero-order chi connectivity index (χ0) is 7.68. The minimum Gasteiger partial charge on any atom is -0.344 e. The van der Waals surface area contributed by atoms with Gasteiger partial charge in [0.1, 0.15) is 0 Å². The zero-order valence-electron chi connectivity index (χ0n) is 6.00. The van der Waals surface area contributed by atoms with E-state index in [9.17, 15) is 0 Å². The minimum absolute atomic E-state index is 0.830. The first-order valence-electron chi connectivity index (χ1n) is 3.55. The molecule has 2 heterocycles. The van der Waals surface area contributed by atoms with Crippen molar-refractivity contribution in [3.63, 3.8) is 0 Å². The molecule has 0 unspecified atom stereocenters. The molecule has 0 saturated heterocycles. The molecule has 0 atom stereocenters. The van der Waals surface area contributed by atoms with E-state index < -0.39 is 0 Å². The van der Waals surface area contributed by atoms with E-state index in [1.807, 2.05) is 30.5 Å². The first kappa shape index (κ1) is 6.74. The van der Waals surface area contributed by atoms with E-state index >= 15 is 0 Å². The van der Waals surface area contributed by atoms with Gasteiger partial charge in [0.25, 0.3) is 0 Å². The van der Waals surface area contributed by atoms with Crippen LogP contribution in [0.5, 0.6) is 0 Å². The van der Waals surface area contributed by atoms with E-state index in [-0.39, 0.29) is 0 Å². The molecule has 0 spiro atoms. The van der Waals surface area contributed by atoms with E-state index in [1.165, 1.54) is 5.70 Å². The van der Waals surface area contributed by atoms with Gasteiger partial charge in [-0.2, -0.15) is 0 Å². The van der Waals surface area contributed by atoms with Crippen molar-refractivity contribution in [1.82, 2.24) is 4.90 Å². The number of allylic oxidation sites excluding steroid dienone is 5. The normalized spacial score (nSPS) is 21.0. The summed E-state index contributed by atoms with van der Waals surface area (Å²) in [7, 11) is 0. The molecule has 2 heteroatoms. The van der Waals surface area contributed by atoms with Gasteiger partial charge in [-0.3, -0.25) is 0 Å². The number of fused-ring (bicyclic) bond motifs is 1. The Morgan fingerprint density at radius 2 is 2.27 bits per heavy atom. The topological polar surface area (TPSA) is 3.24 Å². The number of nitrogens with zero attached hydrogens (tertiary/aromatic N) is 1. The molecule has 1 nitrogen and oxygen atoms in total. The molecule has 0 amide bonds. The number of rotatable bonds is 0. The Morgan fingerprint density at radius 1 is 1.36 bits per heavy atom. The molecule has 0 fully saturated rings. The molecule has 0 bridgehead atoms. The van der Waals surface area contributed by atoms with Gasteiger partial charge in [-0.1, -0.05) is 17.7 Å². The smallest absolute Gasteiger partial charge is 0.0423 e. The standard InChI is InChI=1S/C9H8ClN/c10-8-4-6-11-5-2-1-3-9(11)7-8/h1-5,7H,6H2. The second-order valence-corrected chi connectivity index (χ2v) is 2.95. The maximum absolute atomic E-state index is 5.84. The van der Waals surface area contributed by atoms with Gasteiger partial charge in [0.05, 0.1) is 0 Å². The first-order chi connectivity index (χ1) is 5.36. The highest BCUT2D eigenvalue weighted by Crippen LogP contribution is 2.20. The molecule has 0 aromatic carbocycles. The predicted octanol–water partition coefficient (Wildman–Crippen LogP) is 2.39. The van der Waals surface area contributed by atoms with E-state index in [0.717, 1.165) is 11.6 Å². The number of halogens is 1. The second-order valence-electron chi connectivity index (χ2n) is 2.51. The van der Waals surface area contributed by atoms with Crippen LogP contribution in [-0.4, -0.2) is 11.4 Å². The lowest BCUT2D eigenvalue weighted by molar-refractivity contribution is 0.522. The fraction of sp³-hybridized carbons (Fsp3) is 0.111. The summed E-state index contributed by atoms with van der Waals surface area (Å²) >= 11 is 5.84. The molecule has 11 heavy (non-hydrogen) atoms. The van der Waals surface area contributed by atoms with Gasteiger partial charge < -0.3 is 4.90 Å². The van der Waals surface area contributed by atoms with Crippen molar-refractivity contribution in [2.24, 2.45) is 0 Å². The van der Waals surface area contributed by atoms with Gasteiger partial charge in [0.15, 0.2) is 0 Å². The van der Waals surface area contributed by atoms with Gasteiger partial charge in [-0.05, 0) is 24.3 Å². The molecule has 0 N–H and O–H groups in total. The zero-order valence-corrected chi connectivity index (χ0v) is 6.75. The maximum atomic E-state index is 5.84. The molecular weight excluding hydrogens is 158 g/mol. The van der Waals surface area contributed by atoms with Crippen LogP contribution in [0.2, 0.25) is 0 Å². The molecular formula is C9H8ClN. The largest absolute Gasteiger partial charge is 0.344 e. The average Bonchev–Trinajstić information content (AvgIpc) is 2.04. The van der Waals surface area contributed by atoms with Crippen LogP contribution in [-0.2, 0) is 0 Å². The van der Waals surface area contributed by atoms with Gasteiger partial charge in [0.2, 0.25) is 0 Å². The summed E-state index contributed by atoms with van der Waals surface area (Å²) in [6.07, 6.45) is 12.1. The van der Waals surface area contributed by atoms with E-state index in [0.29, 0.717) is 0 Å². The number of hydrogen-bond donors (Lipinski definition) is 0. The number of hydrogen-bond acceptors (Lipinski definition) is 1. The van der Waals surface area contributed by atoms with E-state index in [1.54, 1.807) is 0 Å². The summed E-state index contributed by atoms with van der Waals surface area (Å²) in [6.45, 7) is 0.880. The third-order valence-electron chi connectivity index (χ3n) is 1.74. The van der Waals surface area contributed by atoms with Crippen LogP contribution in [0.25, 0.3) is 0 Å². The van der Waals surface area contributed by atoms with Gasteiger partial charge in [0, 0.05) is 23.5 Å². The SMILES string of the molecule is ClC1=CCN2C=CC=CC2=C1. The summed E-state index contributed by atoms with van der Waals surface area (Å²) in [6, 6.07) is 0. The third-order valence-corrected chi connectivity index (χ3v) is 2.01. The van der Waals surface area contributed by atoms with Crippen molar-refractivity contribution in [3.8, 4) is 0 Å². The lowest BCUT2D eigenvalue weighted by atomic mass is 10.2. The Kier molecular flexibility index (Phi) is 1.59. The summed E-state index contributed by atoms with van der Waals surface area (Å²) in [5.74, 6) is 0. The summed E-state index contributed by atoms with van der Waals surface area (Å²) < 4.78 is 0. The van der Waals surface area contributed by atoms with Crippen molar-refractivity contribution >= 4 is 11.6 Å². The molecule has 56 valence electrons. The molecule has 2 rings (SSSR count). The molecule has 0 aromatic heterocycles. The lowest BCUT2D eigenvalue weighted by Gasteiger charge is -2.24. The Morgan fingerprint density at radius 3 is 3.18 bits per heavy atom. The maximum Gasteiger partial charge on any atom is 0.0423 e. The fourth-order valence-electron chi connectivity index (χ4n) is 1.17. The summed E-state index contributed by atoms with van der Waals surface area (Å²) in [5.41, 5.74) is 1.17. The monoisotopic (exact) mass is 165 g/mol. The fourth-order valence-corrected chi connectivity index (χ4v) is 1.35. The van der Waals surface area contributed by atoms with Crippen LogP contribution in [0.4, 0.5) is 0 Å². The van der Waals surface area contributed by atoms with Crippen molar-refractivity contribution in [2.45, 2.75) is 0 Å². The molecule has 2 aliphatic rings. The van der Waals surface area contributed by atoms with Crippen LogP contribution < -0.4 is 0 Å². The van der Waals surface area contributed by atoms with E-state index in [4.69, 9.17) is 11.6 Å². The second kappa shape index (κ2) is 2.59. The minimum atomic E-state index is 0.830. The van der Waals surface area contributed by atoms with Crippen molar-refractivity contribution in [2.75, 3.05) is 6.54 Å². The highest BCUT2D eigenvalue weighted by atomic mass is 35.5. The Balaban J connectivity index is 2.33. The Hall–Kier alpha value is -0.950. The lowest BCUT2D eigenvalue weighted by Crippen LogP contribution is -2.19. The van der Waals surface area contributed by atoms with Crippen LogP contribution in [0.1, 0.15) is 0 Å². The molecule has 0 saturated carbocycles. The Bertz CT molecular complexity index is 284. The van der Waals surface area contributed by atoms with Crippen LogP contribution in [0.3, 0.4) is 0 Å². The van der Waals surface area contributed by atoms with Crippen LogP contribution >= 0.6 is 11.6 Å². The van der Waals surface area contributed by atoms with Gasteiger partial charge >= 0.3 is 0 Å². The quantitative estimate of drug-likeness (QED) is 0.533. The average molecular weight is 166 g/mol. The first-order valence-corrected chi connectivity index (χ1v) is 3.93. The van der Waals surface area contributed by atoms with Crippen molar-refractivity contribution in [1.29, 1.82) is 0 Å². The van der Waals surface area contributed by atoms with Crippen LogP contribution in [0.15, 0.2) is 47.3 Å². The van der Waals surface area contributed by atoms with Crippen molar-refractivity contribution < 1.29 is 0 Å². The third kappa shape index (κ3) is 1.24. The summed E-state index contributed by atoms with van der Waals surface area (Å²) in [4.78, 5) is 2.14. The van der Waals surface area contributed by atoms with Gasteiger partial charge in [-0.15, -0.1) is 0 Å². The highest BCUT2D eigenvalue weighted by molar-refractivity contribution is 6.31. The predicted molar refractivity (Wildman–Crippen MR) is 47.0 cm³/mol. The van der Waals surface area contributed by atoms with Gasteiger partial charge in [-0.25, -0.2) is 0 Å². The molecule has 2 aliphatic heterocycles.